The van der Waals surface area contributed by atoms with Crippen LogP contribution in [0.4, 0.5) is 19.0 Å². The Morgan fingerprint density at radius 2 is 1.76 bits per heavy atom. The molecule has 0 unspecified atom stereocenters. The number of nitrogens with one attached hydrogen (secondary N) is 1. The number of nitrogens with two attached hydrogens (primary N) is 1. The molecule has 1 amide bonds. The van der Waals surface area contributed by atoms with Crippen molar-refractivity contribution < 1.29 is 18.0 Å². The lowest BCUT2D eigenvalue weighted by Gasteiger charge is -2.16. The molecule has 0 saturated carbocycles. The summed E-state index contributed by atoms with van der Waals surface area (Å²) in [7, 11) is 0. The van der Waals surface area contributed by atoms with Crippen LogP contribution in [0.25, 0.3) is 27.4 Å². The zero-order valence-electron chi connectivity index (χ0n) is 19.5. The molecule has 3 N–H and O–H groups in total. The van der Waals surface area contributed by atoms with Crippen molar-refractivity contribution in [3.8, 4) is 5.69 Å². The summed E-state index contributed by atoms with van der Waals surface area (Å²) >= 11 is 0. The van der Waals surface area contributed by atoms with Crippen LogP contribution < -0.4 is 16.6 Å². The van der Waals surface area contributed by atoms with Crippen LogP contribution >= 0.6 is 0 Å². The molecule has 0 aliphatic carbocycles. The van der Waals surface area contributed by atoms with Gasteiger partial charge in [0.1, 0.15) is 5.82 Å². The van der Waals surface area contributed by atoms with Crippen LogP contribution in [0.2, 0.25) is 0 Å². The third-order valence-electron chi connectivity index (χ3n) is 6.08. The molecule has 0 bridgehead atoms. The molecule has 0 radical (unpaired) electrons. The number of aromatic nitrogens is 3. The first-order valence-electron chi connectivity index (χ1n) is 11.3. The lowest BCUT2D eigenvalue weighted by Crippen LogP contribution is -2.27. The Morgan fingerprint density at radius 3 is 2.46 bits per heavy atom. The topological polar surface area (TPSA) is 103 Å². The van der Waals surface area contributed by atoms with Crippen molar-refractivity contribution in [1.82, 2.24) is 19.9 Å². The van der Waals surface area contributed by atoms with E-state index in [1.54, 1.807) is 43.3 Å². The number of alkyl halides is 3. The van der Waals surface area contributed by atoms with Gasteiger partial charge in [-0.2, -0.15) is 13.2 Å². The first-order valence-corrected chi connectivity index (χ1v) is 11.3. The van der Waals surface area contributed by atoms with E-state index >= 15 is 0 Å². The van der Waals surface area contributed by atoms with Gasteiger partial charge in [0.05, 0.1) is 28.2 Å². The molecule has 3 heterocycles. The molecular formula is C27H20F3N5O2. The number of rotatable bonds is 4. The van der Waals surface area contributed by atoms with Crippen LogP contribution in [0.1, 0.15) is 34.6 Å². The summed E-state index contributed by atoms with van der Waals surface area (Å²) in [6, 6.07) is 15.4. The van der Waals surface area contributed by atoms with E-state index in [9.17, 15) is 22.8 Å². The van der Waals surface area contributed by atoms with Crippen molar-refractivity contribution in [3.63, 3.8) is 0 Å². The number of nitrogens with zero attached hydrogens (tertiary/aromatic N) is 3. The van der Waals surface area contributed by atoms with Gasteiger partial charge >= 0.3 is 6.18 Å². The molecule has 37 heavy (non-hydrogen) atoms. The molecular weight excluding hydrogens is 483 g/mol. The Balaban J connectivity index is 1.62. The van der Waals surface area contributed by atoms with E-state index in [-0.39, 0.29) is 11.6 Å². The number of fused-ring (bicyclic) bond motifs is 3. The molecule has 0 aliphatic rings. The fourth-order valence-electron chi connectivity index (χ4n) is 4.23. The van der Waals surface area contributed by atoms with Gasteiger partial charge in [0.2, 0.25) is 0 Å². The highest BCUT2D eigenvalue weighted by atomic mass is 19.4. The van der Waals surface area contributed by atoms with E-state index in [4.69, 9.17) is 5.73 Å². The Kier molecular flexibility index (Phi) is 5.87. The molecule has 3 aromatic heterocycles. The molecule has 0 spiro atoms. The molecule has 5 aromatic rings. The first kappa shape index (κ1) is 24.0. The van der Waals surface area contributed by atoms with E-state index in [0.717, 1.165) is 12.1 Å². The van der Waals surface area contributed by atoms with Crippen LogP contribution in [0, 0.1) is 0 Å². The molecule has 2 aromatic carbocycles. The van der Waals surface area contributed by atoms with E-state index in [1.807, 2.05) is 0 Å². The zero-order chi connectivity index (χ0) is 26.3. The van der Waals surface area contributed by atoms with Gasteiger partial charge in [-0.3, -0.25) is 19.1 Å². The predicted molar refractivity (Wildman–Crippen MR) is 134 cm³/mol. The summed E-state index contributed by atoms with van der Waals surface area (Å²) in [5, 5.41) is 4.27. The Labute approximate surface area is 208 Å². The van der Waals surface area contributed by atoms with E-state index in [0.29, 0.717) is 38.8 Å². The van der Waals surface area contributed by atoms with Gasteiger partial charge in [0, 0.05) is 34.4 Å². The van der Waals surface area contributed by atoms with Crippen molar-refractivity contribution in [3.05, 3.63) is 106 Å². The summed E-state index contributed by atoms with van der Waals surface area (Å²) < 4.78 is 40.6. The number of benzene rings is 2. The summed E-state index contributed by atoms with van der Waals surface area (Å²) in [6.45, 7) is 1.78. The number of anilines is 1. The fourth-order valence-corrected chi connectivity index (χ4v) is 4.23. The summed E-state index contributed by atoms with van der Waals surface area (Å²) in [5.41, 5.74) is 6.12. The van der Waals surface area contributed by atoms with Gasteiger partial charge in [-0.15, -0.1) is 0 Å². The Bertz CT molecular complexity index is 1710. The van der Waals surface area contributed by atoms with Crippen molar-refractivity contribution in [1.29, 1.82) is 0 Å². The Hall–Kier alpha value is -4.73. The molecule has 10 heteroatoms. The number of carbonyl (C=O) groups is 1. The maximum absolute atomic E-state index is 13.4. The second-order valence-electron chi connectivity index (χ2n) is 8.52. The summed E-state index contributed by atoms with van der Waals surface area (Å²) in [5.74, 6) is -0.0348. The SMILES string of the molecule is C[C@H](NC(=O)c1ccc2c(c1)c1cnccc1c(=O)n2-c1ccc(C(F)(F)F)cc1)c1cccc(N)n1. The number of hydrogen-bond donors (Lipinski definition) is 2. The van der Waals surface area contributed by atoms with Crippen molar-refractivity contribution in [2.45, 2.75) is 19.1 Å². The largest absolute Gasteiger partial charge is 0.416 e. The average molecular weight is 503 g/mol. The summed E-state index contributed by atoms with van der Waals surface area (Å²) in [6.07, 6.45) is -1.51. The standard InChI is InChI=1S/C27H20F3N5O2/c1-15(22-3-2-4-24(31)34-22)33-25(36)16-5-10-23-20(13-16)21-14-32-12-11-19(21)26(37)35(23)18-8-6-17(7-9-18)27(28,29)30/h2-15H,1H3,(H2,31,34)(H,33,36)/t15-/m0/s1. The van der Waals surface area contributed by atoms with Crippen molar-refractivity contribution in [2.24, 2.45) is 0 Å². The molecule has 186 valence electrons. The second kappa shape index (κ2) is 9.05. The van der Waals surface area contributed by atoms with Crippen LogP contribution in [0.3, 0.4) is 0 Å². The molecule has 0 fully saturated rings. The van der Waals surface area contributed by atoms with Crippen molar-refractivity contribution in [2.75, 3.05) is 5.73 Å². The van der Waals surface area contributed by atoms with Crippen LogP contribution in [-0.2, 0) is 6.18 Å². The third kappa shape index (κ3) is 4.49. The molecule has 0 saturated heterocycles. The van der Waals surface area contributed by atoms with Gasteiger partial charge in [-0.1, -0.05) is 6.07 Å². The number of carbonyl (C=O) groups excluding carboxylic acids is 1. The Morgan fingerprint density at radius 1 is 1.00 bits per heavy atom. The lowest BCUT2D eigenvalue weighted by atomic mass is 10.0. The van der Waals surface area contributed by atoms with Gasteiger partial charge in [0.25, 0.3) is 11.5 Å². The number of nitrogen functional groups attached to an aromatic ring is 1. The number of halogens is 3. The number of amides is 1. The van der Waals surface area contributed by atoms with Gasteiger partial charge in [-0.25, -0.2) is 4.98 Å². The number of pyridine rings is 3. The maximum Gasteiger partial charge on any atom is 0.416 e. The second-order valence-corrected chi connectivity index (χ2v) is 8.52. The smallest absolute Gasteiger partial charge is 0.384 e. The minimum absolute atomic E-state index is 0.264. The normalized spacial score (nSPS) is 12.5. The van der Waals surface area contributed by atoms with Gasteiger partial charge in [-0.05, 0) is 67.6 Å². The van der Waals surface area contributed by atoms with E-state index < -0.39 is 23.3 Å². The molecule has 0 aliphatic heterocycles. The van der Waals surface area contributed by atoms with E-state index in [1.165, 1.54) is 35.2 Å². The highest BCUT2D eigenvalue weighted by Gasteiger charge is 2.30. The van der Waals surface area contributed by atoms with Gasteiger partial charge in [0.15, 0.2) is 0 Å². The number of hydrogen-bond acceptors (Lipinski definition) is 5. The molecule has 1 atom stereocenters. The van der Waals surface area contributed by atoms with Gasteiger partial charge < -0.3 is 11.1 Å². The summed E-state index contributed by atoms with van der Waals surface area (Å²) in [4.78, 5) is 34.8. The van der Waals surface area contributed by atoms with Crippen LogP contribution in [0.5, 0.6) is 0 Å². The molecule has 7 nitrogen and oxygen atoms in total. The van der Waals surface area contributed by atoms with Crippen molar-refractivity contribution >= 4 is 33.4 Å². The highest BCUT2D eigenvalue weighted by molar-refractivity contribution is 6.08. The van der Waals surface area contributed by atoms with Crippen LogP contribution in [0.15, 0.2) is 83.9 Å². The predicted octanol–water partition coefficient (Wildman–Crippen LogP) is 5.03. The zero-order valence-corrected chi connectivity index (χ0v) is 19.5. The minimum Gasteiger partial charge on any atom is -0.384 e. The van der Waals surface area contributed by atoms with Crippen LogP contribution in [-0.4, -0.2) is 20.4 Å². The monoisotopic (exact) mass is 503 g/mol. The average Bonchev–Trinajstić information content (AvgIpc) is 2.88. The fraction of sp³-hybridized carbons (Fsp3) is 0.111. The highest BCUT2D eigenvalue weighted by Crippen LogP contribution is 2.31. The lowest BCUT2D eigenvalue weighted by molar-refractivity contribution is -0.137. The third-order valence-corrected chi connectivity index (χ3v) is 6.08. The first-order chi connectivity index (χ1) is 17.6. The van der Waals surface area contributed by atoms with E-state index in [2.05, 4.69) is 15.3 Å². The minimum atomic E-state index is -4.50. The quantitative estimate of drug-likeness (QED) is 0.335. The molecule has 5 rings (SSSR count). The maximum atomic E-state index is 13.4.